The number of aromatic carboxylic acids is 1. The molecule has 1 N–H and O–H groups in total. The summed E-state index contributed by atoms with van der Waals surface area (Å²) in [6, 6.07) is 5.15. The van der Waals surface area contributed by atoms with Crippen LogP contribution in [0.2, 0.25) is 0 Å². The summed E-state index contributed by atoms with van der Waals surface area (Å²) in [7, 11) is 1.60. The Kier molecular flexibility index (Phi) is 4.07. The minimum atomic E-state index is -0.878. The Morgan fingerprint density at radius 3 is 2.44 bits per heavy atom. The number of carbonyl (C=O) groups is 1. The van der Waals surface area contributed by atoms with Gasteiger partial charge in [0.05, 0.1) is 18.4 Å². The fourth-order valence-electron chi connectivity index (χ4n) is 2.39. The van der Waals surface area contributed by atoms with E-state index in [1.807, 2.05) is 6.07 Å². The van der Waals surface area contributed by atoms with Crippen molar-refractivity contribution in [3.63, 3.8) is 0 Å². The predicted octanol–water partition coefficient (Wildman–Crippen LogP) is 2.77. The average molecular weight is 249 g/mol. The zero-order valence-corrected chi connectivity index (χ0v) is 10.7. The first-order valence-electron chi connectivity index (χ1n) is 6.38. The molecule has 0 aliphatic carbocycles. The second-order valence-corrected chi connectivity index (χ2v) is 4.59. The number of rotatable bonds is 3. The Bertz CT molecular complexity index is 423. The summed E-state index contributed by atoms with van der Waals surface area (Å²) in [4.78, 5) is 13.4. The molecule has 18 heavy (non-hydrogen) atoms. The third kappa shape index (κ3) is 2.75. The minimum Gasteiger partial charge on any atom is -0.497 e. The van der Waals surface area contributed by atoms with E-state index in [1.54, 1.807) is 19.2 Å². The molecule has 1 aliphatic heterocycles. The molecule has 0 spiro atoms. The van der Waals surface area contributed by atoms with Gasteiger partial charge in [-0.3, -0.25) is 0 Å². The highest BCUT2D eigenvalue weighted by Gasteiger charge is 2.18. The van der Waals surface area contributed by atoms with Crippen molar-refractivity contribution in [3.8, 4) is 5.75 Å². The van der Waals surface area contributed by atoms with Gasteiger partial charge in [-0.15, -0.1) is 0 Å². The zero-order valence-electron chi connectivity index (χ0n) is 10.7. The molecule has 0 amide bonds. The summed E-state index contributed by atoms with van der Waals surface area (Å²) in [5, 5.41) is 9.26. The van der Waals surface area contributed by atoms with Gasteiger partial charge in [-0.1, -0.05) is 12.8 Å². The lowest BCUT2D eigenvalue weighted by Crippen LogP contribution is -2.25. The third-order valence-electron chi connectivity index (χ3n) is 3.38. The number of nitrogens with zero attached hydrogens (tertiary/aromatic N) is 1. The monoisotopic (exact) mass is 249 g/mol. The smallest absolute Gasteiger partial charge is 0.337 e. The van der Waals surface area contributed by atoms with E-state index in [-0.39, 0.29) is 0 Å². The molecule has 1 aromatic carbocycles. The van der Waals surface area contributed by atoms with Crippen LogP contribution in [0.1, 0.15) is 36.0 Å². The quantitative estimate of drug-likeness (QED) is 0.895. The molecular formula is C14H19NO3. The summed E-state index contributed by atoms with van der Waals surface area (Å²) >= 11 is 0. The summed E-state index contributed by atoms with van der Waals surface area (Å²) in [6.07, 6.45) is 4.69. The first kappa shape index (κ1) is 12.7. The molecule has 1 saturated heterocycles. The molecule has 1 heterocycles. The largest absolute Gasteiger partial charge is 0.497 e. The molecule has 4 nitrogen and oxygen atoms in total. The maximum Gasteiger partial charge on any atom is 0.337 e. The lowest BCUT2D eigenvalue weighted by Gasteiger charge is -2.24. The van der Waals surface area contributed by atoms with Gasteiger partial charge >= 0.3 is 5.97 Å². The van der Waals surface area contributed by atoms with Crippen LogP contribution in [-0.4, -0.2) is 31.3 Å². The van der Waals surface area contributed by atoms with E-state index in [2.05, 4.69) is 4.90 Å². The van der Waals surface area contributed by atoms with Crippen LogP contribution in [0.3, 0.4) is 0 Å². The van der Waals surface area contributed by atoms with E-state index < -0.39 is 5.97 Å². The van der Waals surface area contributed by atoms with Crippen molar-refractivity contribution in [3.05, 3.63) is 23.8 Å². The van der Waals surface area contributed by atoms with Crippen molar-refractivity contribution in [1.82, 2.24) is 0 Å². The molecule has 0 atom stereocenters. The maximum absolute atomic E-state index is 11.3. The highest BCUT2D eigenvalue weighted by molar-refractivity contribution is 5.94. The van der Waals surface area contributed by atoms with Crippen LogP contribution in [0.25, 0.3) is 0 Å². The summed E-state index contributed by atoms with van der Waals surface area (Å²) in [5.41, 5.74) is 1.14. The van der Waals surface area contributed by atoms with Crippen molar-refractivity contribution < 1.29 is 14.6 Å². The van der Waals surface area contributed by atoms with E-state index in [0.29, 0.717) is 11.3 Å². The number of ether oxygens (including phenoxy) is 1. The van der Waals surface area contributed by atoms with Gasteiger partial charge in [-0.25, -0.2) is 4.79 Å². The number of hydrogen-bond donors (Lipinski definition) is 1. The number of anilines is 1. The molecule has 0 bridgehead atoms. The number of carboxylic acids is 1. The molecule has 1 aliphatic rings. The molecule has 0 saturated carbocycles. The highest BCUT2D eigenvalue weighted by Crippen LogP contribution is 2.28. The molecule has 98 valence electrons. The summed E-state index contributed by atoms with van der Waals surface area (Å²) in [5.74, 6) is -0.170. The van der Waals surface area contributed by atoms with E-state index in [4.69, 9.17) is 4.74 Å². The van der Waals surface area contributed by atoms with E-state index in [1.165, 1.54) is 12.8 Å². The lowest BCUT2D eigenvalue weighted by molar-refractivity contribution is 0.0697. The molecule has 0 unspecified atom stereocenters. The van der Waals surface area contributed by atoms with Crippen LogP contribution < -0.4 is 9.64 Å². The van der Waals surface area contributed by atoms with Crippen molar-refractivity contribution in [1.29, 1.82) is 0 Å². The molecule has 1 aromatic rings. The van der Waals surface area contributed by atoms with Crippen molar-refractivity contribution in [2.24, 2.45) is 0 Å². The van der Waals surface area contributed by atoms with Crippen LogP contribution >= 0.6 is 0 Å². The summed E-state index contributed by atoms with van der Waals surface area (Å²) in [6.45, 7) is 1.85. The lowest BCUT2D eigenvalue weighted by atomic mass is 10.1. The Labute approximate surface area is 107 Å². The SMILES string of the molecule is COc1ccc(C(=O)O)c(N2CCCCCC2)c1. The molecular weight excluding hydrogens is 230 g/mol. The molecule has 2 rings (SSSR count). The number of hydrogen-bond acceptors (Lipinski definition) is 3. The first-order chi connectivity index (χ1) is 8.72. The normalized spacial score (nSPS) is 16.2. The zero-order chi connectivity index (χ0) is 13.0. The van der Waals surface area contributed by atoms with Gasteiger partial charge in [0, 0.05) is 19.2 Å². The van der Waals surface area contributed by atoms with Crippen LogP contribution in [-0.2, 0) is 0 Å². The average Bonchev–Trinajstić information content (AvgIpc) is 2.66. The van der Waals surface area contributed by atoms with Crippen molar-refractivity contribution >= 4 is 11.7 Å². The maximum atomic E-state index is 11.3. The number of methoxy groups -OCH3 is 1. The second-order valence-electron chi connectivity index (χ2n) is 4.59. The van der Waals surface area contributed by atoms with Crippen LogP contribution in [0.4, 0.5) is 5.69 Å². The Balaban J connectivity index is 2.35. The van der Waals surface area contributed by atoms with Gasteiger partial charge in [-0.2, -0.15) is 0 Å². The van der Waals surface area contributed by atoms with E-state index >= 15 is 0 Å². The van der Waals surface area contributed by atoms with Gasteiger partial charge in [0.2, 0.25) is 0 Å². The third-order valence-corrected chi connectivity index (χ3v) is 3.38. The van der Waals surface area contributed by atoms with Gasteiger partial charge < -0.3 is 14.7 Å². The van der Waals surface area contributed by atoms with Crippen LogP contribution in [0.5, 0.6) is 5.75 Å². The highest BCUT2D eigenvalue weighted by atomic mass is 16.5. The first-order valence-corrected chi connectivity index (χ1v) is 6.38. The molecule has 4 heteroatoms. The number of carboxylic acid groups (broad SMARTS) is 1. The topological polar surface area (TPSA) is 49.8 Å². The summed E-state index contributed by atoms with van der Waals surface area (Å²) < 4.78 is 5.19. The predicted molar refractivity (Wildman–Crippen MR) is 70.6 cm³/mol. The van der Waals surface area contributed by atoms with E-state index in [9.17, 15) is 9.90 Å². The van der Waals surface area contributed by atoms with Crippen LogP contribution in [0, 0.1) is 0 Å². The van der Waals surface area contributed by atoms with Gasteiger partial charge in [0.15, 0.2) is 0 Å². The Morgan fingerprint density at radius 1 is 1.22 bits per heavy atom. The molecule has 0 radical (unpaired) electrons. The van der Waals surface area contributed by atoms with Crippen molar-refractivity contribution in [2.75, 3.05) is 25.1 Å². The van der Waals surface area contributed by atoms with Crippen molar-refractivity contribution in [2.45, 2.75) is 25.7 Å². The van der Waals surface area contributed by atoms with Gasteiger partial charge in [0.1, 0.15) is 5.75 Å². The van der Waals surface area contributed by atoms with Crippen LogP contribution in [0.15, 0.2) is 18.2 Å². The molecule has 1 fully saturated rings. The van der Waals surface area contributed by atoms with Gasteiger partial charge in [0.25, 0.3) is 0 Å². The Hall–Kier alpha value is -1.71. The standard InChI is InChI=1S/C14H19NO3/c1-18-11-6-7-12(14(16)17)13(10-11)15-8-4-2-3-5-9-15/h6-7,10H,2-5,8-9H2,1H3,(H,16,17). The Morgan fingerprint density at radius 2 is 1.89 bits per heavy atom. The number of benzene rings is 1. The fraction of sp³-hybridized carbons (Fsp3) is 0.500. The van der Waals surface area contributed by atoms with Gasteiger partial charge in [-0.05, 0) is 25.0 Å². The fourth-order valence-corrected chi connectivity index (χ4v) is 2.39. The van der Waals surface area contributed by atoms with E-state index in [0.717, 1.165) is 31.6 Å². The minimum absolute atomic E-state index is 0.359. The second kappa shape index (κ2) is 5.76. The molecule has 0 aromatic heterocycles.